The van der Waals surface area contributed by atoms with Gasteiger partial charge >= 0.3 is 0 Å². The van der Waals surface area contributed by atoms with Gasteiger partial charge < -0.3 is 0 Å². The van der Waals surface area contributed by atoms with E-state index < -0.39 is 0 Å². The Kier molecular flexibility index (Phi) is 25.2. The Morgan fingerprint density at radius 2 is 0.778 bits per heavy atom. The molecule has 3 heteroatoms. The third kappa shape index (κ3) is 19.6. The molecule has 0 amide bonds. The topological polar surface area (TPSA) is 0 Å². The molecule has 0 bridgehead atoms. The number of hydrogen-bond donors (Lipinski definition) is 0. The van der Waals surface area contributed by atoms with Gasteiger partial charge in [0.05, 0.1) is 0 Å². The van der Waals surface area contributed by atoms with Crippen LogP contribution < -0.4 is 0 Å². The molecule has 0 aliphatic carbocycles. The van der Waals surface area contributed by atoms with Gasteiger partial charge in [-0.3, -0.25) is 0 Å². The van der Waals surface area contributed by atoms with E-state index in [0.717, 1.165) is 22.6 Å². The Morgan fingerprint density at radius 1 is 0.519 bits per heavy atom. The van der Waals surface area contributed by atoms with E-state index in [0.29, 0.717) is 0 Å². The second kappa shape index (κ2) is 21.2. The molecule has 0 aliphatic heterocycles. The molecule has 0 aromatic heterocycles. The van der Waals surface area contributed by atoms with Crippen molar-refractivity contribution < 1.29 is 20.4 Å². The van der Waals surface area contributed by atoms with Crippen molar-refractivity contribution in [3.05, 3.63) is 48.6 Å². The molecule has 0 spiro atoms. The summed E-state index contributed by atoms with van der Waals surface area (Å²) in [7, 11) is 0.368. The smallest absolute Gasteiger partial charge is 0 e. The van der Waals surface area contributed by atoms with E-state index in [-0.39, 0.29) is 36.3 Å². The normalized spacial score (nSPS) is 12.7. The molecule has 0 unspecified atom stereocenters. The largest absolute Gasteiger partial charge is 0.0976 e. The quantitative estimate of drug-likeness (QED) is 0.159. The summed E-state index contributed by atoms with van der Waals surface area (Å²) in [5.41, 5.74) is 3.41. The van der Waals surface area contributed by atoms with Gasteiger partial charge in [-0.15, -0.1) is 0 Å². The van der Waals surface area contributed by atoms with Crippen LogP contribution in [0.2, 0.25) is 0 Å². The molecule has 0 heterocycles. The zero-order valence-electron chi connectivity index (χ0n) is 19.6. The van der Waals surface area contributed by atoms with Crippen LogP contribution in [0.4, 0.5) is 0 Å². The van der Waals surface area contributed by atoms with E-state index in [2.05, 4.69) is 118 Å². The minimum Gasteiger partial charge on any atom is -0.0976 e. The molecule has 0 saturated heterocycles. The van der Waals surface area contributed by atoms with E-state index in [1.54, 1.807) is 0 Å². The molecule has 0 fully saturated rings. The summed E-state index contributed by atoms with van der Waals surface area (Å²) in [4.78, 5) is 0. The second-order valence-electron chi connectivity index (χ2n) is 7.68. The molecule has 0 N–H and O–H groups in total. The van der Waals surface area contributed by atoms with Crippen LogP contribution in [0, 0.1) is 0 Å². The maximum atomic E-state index is 2.34. The van der Waals surface area contributed by atoms with Crippen molar-refractivity contribution in [3.63, 3.8) is 0 Å². The van der Waals surface area contributed by atoms with Crippen molar-refractivity contribution in [1.82, 2.24) is 0 Å². The molecule has 0 atom stereocenters. The summed E-state index contributed by atoms with van der Waals surface area (Å²) in [6.07, 6.45) is 19.9. The molecule has 0 rings (SSSR count). The van der Waals surface area contributed by atoms with Crippen LogP contribution in [0.1, 0.15) is 69.2 Å². The molecule has 0 saturated carbocycles. The zero-order valence-corrected chi connectivity index (χ0v) is 22.9. The minimum atomic E-state index is 0. The van der Waals surface area contributed by atoms with Crippen molar-refractivity contribution in [2.45, 2.75) is 91.9 Å². The average Bonchev–Trinajstić information content (AvgIpc) is 2.53. The second-order valence-corrected chi connectivity index (χ2v) is 14.6. The fourth-order valence-corrected chi connectivity index (χ4v) is 7.58. The van der Waals surface area contributed by atoms with Gasteiger partial charge in [0.25, 0.3) is 0 Å². The van der Waals surface area contributed by atoms with Crippen molar-refractivity contribution in [2.75, 3.05) is 12.3 Å². The van der Waals surface area contributed by atoms with Gasteiger partial charge in [-0.05, 0) is 48.8 Å². The predicted molar refractivity (Wildman–Crippen MR) is 132 cm³/mol. The summed E-state index contributed by atoms with van der Waals surface area (Å²) in [6, 6.07) is 0. The van der Waals surface area contributed by atoms with Crippen LogP contribution in [0.3, 0.4) is 0 Å². The van der Waals surface area contributed by atoms with E-state index in [1.807, 2.05) is 0 Å². The first-order valence-electron chi connectivity index (χ1n) is 10.3. The number of allylic oxidation sites excluding steroid dienone is 8. The summed E-state index contributed by atoms with van der Waals surface area (Å²) >= 11 is 0. The van der Waals surface area contributed by atoms with Crippen molar-refractivity contribution >= 4 is 15.8 Å². The molecular weight excluding hydrogens is 457 g/mol. The summed E-state index contributed by atoms with van der Waals surface area (Å²) in [6.45, 7) is 22.8. The van der Waals surface area contributed by atoms with E-state index in [4.69, 9.17) is 0 Å². The Balaban J connectivity index is -0.000000411. The first kappa shape index (κ1) is 32.2. The van der Waals surface area contributed by atoms with Gasteiger partial charge in [-0.25, -0.2) is 0 Å². The van der Waals surface area contributed by atoms with Gasteiger partial charge in [0.2, 0.25) is 0 Å². The van der Waals surface area contributed by atoms with E-state index in [1.165, 1.54) is 12.3 Å². The third-order valence-corrected chi connectivity index (χ3v) is 10.7. The molecule has 0 nitrogen and oxygen atoms in total. The summed E-state index contributed by atoms with van der Waals surface area (Å²) in [5.74, 6) is 0. The van der Waals surface area contributed by atoms with Gasteiger partial charge in [-0.2, -0.15) is 0 Å². The van der Waals surface area contributed by atoms with Gasteiger partial charge in [0.1, 0.15) is 0 Å². The standard InChI is InChI=1S/2C12H23P.Pd/c2*1-6-7-8-9-10-13(11(2)3)12(4)5;/h2*6-9,11-12H,10H2,1-5H3;. The van der Waals surface area contributed by atoms with Crippen LogP contribution in [-0.4, -0.2) is 35.0 Å². The van der Waals surface area contributed by atoms with E-state index >= 15 is 0 Å². The molecule has 0 aromatic carbocycles. The Hall–Kier alpha value is 0.482. The maximum Gasteiger partial charge on any atom is 0 e. The summed E-state index contributed by atoms with van der Waals surface area (Å²) < 4.78 is 0. The van der Waals surface area contributed by atoms with Crippen molar-refractivity contribution in [2.24, 2.45) is 0 Å². The Labute approximate surface area is 188 Å². The van der Waals surface area contributed by atoms with E-state index in [9.17, 15) is 0 Å². The average molecular weight is 503 g/mol. The Bertz CT molecular complexity index is 362. The first-order chi connectivity index (χ1) is 12.2. The Morgan fingerprint density at radius 3 is 0.963 bits per heavy atom. The maximum absolute atomic E-state index is 2.34. The van der Waals surface area contributed by atoms with Crippen LogP contribution in [-0.2, 0) is 20.4 Å². The van der Waals surface area contributed by atoms with Crippen LogP contribution >= 0.6 is 15.8 Å². The number of hydrogen-bond acceptors (Lipinski definition) is 0. The zero-order chi connectivity index (χ0) is 20.5. The van der Waals surface area contributed by atoms with Gasteiger partial charge in [0.15, 0.2) is 0 Å². The van der Waals surface area contributed by atoms with Gasteiger partial charge in [-0.1, -0.05) is 120 Å². The fraction of sp³-hybridized carbons (Fsp3) is 0.667. The molecule has 0 aromatic rings. The minimum absolute atomic E-state index is 0. The molecule has 162 valence electrons. The SMILES string of the molecule is CC=CC=CCP(C(C)C)C(C)C.CC=CC=CCP(C(C)C)C(C)C.[Pd]. The van der Waals surface area contributed by atoms with Gasteiger partial charge in [0, 0.05) is 20.4 Å². The van der Waals surface area contributed by atoms with Crippen molar-refractivity contribution in [3.8, 4) is 0 Å². The molecule has 27 heavy (non-hydrogen) atoms. The number of rotatable bonds is 10. The van der Waals surface area contributed by atoms with Crippen LogP contribution in [0.5, 0.6) is 0 Å². The first-order valence-corrected chi connectivity index (χ1v) is 13.6. The van der Waals surface area contributed by atoms with Crippen LogP contribution in [0.25, 0.3) is 0 Å². The summed E-state index contributed by atoms with van der Waals surface area (Å²) in [5, 5.41) is 0. The van der Waals surface area contributed by atoms with Crippen LogP contribution in [0.15, 0.2) is 48.6 Å². The van der Waals surface area contributed by atoms with Crippen molar-refractivity contribution in [1.29, 1.82) is 0 Å². The predicted octanol–water partition coefficient (Wildman–Crippen LogP) is 8.83. The molecule has 0 radical (unpaired) electrons. The fourth-order valence-electron chi connectivity index (χ4n) is 2.78. The monoisotopic (exact) mass is 502 g/mol. The molecular formula is C24H46P2Pd. The molecule has 0 aliphatic rings. The third-order valence-electron chi connectivity index (χ3n) is 4.16.